The summed E-state index contributed by atoms with van der Waals surface area (Å²) in [5, 5.41) is 12.9. The first-order valence-corrected chi connectivity index (χ1v) is 6.59. The highest BCUT2D eigenvalue weighted by Gasteiger charge is 2.23. The lowest BCUT2D eigenvalue weighted by Gasteiger charge is -2.21. The Morgan fingerprint density at radius 1 is 1.35 bits per heavy atom. The van der Waals surface area contributed by atoms with E-state index in [0.717, 1.165) is 35.4 Å². The molecule has 90 valence electrons. The number of nitrogens with one attached hydrogen (secondary N) is 1. The van der Waals surface area contributed by atoms with E-state index in [9.17, 15) is 0 Å². The van der Waals surface area contributed by atoms with E-state index in [2.05, 4.69) is 38.9 Å². The van der Waals surface area contributed by atoms with E-state index < -0.39 is 0 Å². The summed E-state index contributed by atoms with van der Waals surface area (Å²) < 4.78 is 2.18. The molecule has 17 heavy (non-hydrogen) atoms. The highest BCUT2D eigenvalue weighted by molar-refractivity contribution is 7.15. The quantitative estimate of drug-likeness (QED) is 0.835. The maximum absolute atomic E-state index is 4.56. The number of rotatable bonds is 1. The lowest BCUT2D eigenvalue weighted by atomic mass is 10.2. The van der Waals surface area contributed by atoms with Crippen LogP contribution in [0.1, 0.15) is 29.4 Å². The predicted octanol–water partition coefficient (Wildman–Crippen LogP) is 1.68. The molecule has 3 heterocycles. The molecule has 0 fully saturated rings. The van der Waals surface area contributed by atoms with Crippen molar-refractivity contribution in [1.29, 1.82) is 0 Å². The zero-order valence-corrected chi connectivity index (χ0v) is 11.0. The molecule has 3 rings (SSSR count). The molecule has 0 aromatic carbocycles. The first-order chi connectivity index (χ1) is 8.16. The van der Waals surface area contributed by atoms with Gasteiger partial charge in [0.2, 0.25) is 0 Å². The smallest absolute Gasteiger partial charge is 0.193 e. The molecular weight excluding hydrogens is 234 g/mol. The minimum Gasteiger partial charge on any atom is -0.306 e. The highest BCUT2D eigenvalue weighted by Crippen LogP contribution is 2.28. The van der Waals surface area contributed by atoms with Gasteiger partial charge in [-0.1, -0.05) is 0 Å². The van der Waals surface area contributed by atoms with Crippen molar-refractivity contribution < 1.29 is 0 Å². The standard InChI is InChI=1S/C11H15N5S/c1-6-8(3)17-11(13-6)10-15-14-9-7(2)12-4-5-16(9)10/h7,12H,4-5H2,1-3H3/t7-/m0/s1. The van der Waals surface area contributed by atoms with Gasteiger partial charge in [0, 0.05) is 18.0 Å². The maximum Gasteiger partial charge on any atom is 0.193 e. The van der Waals surface area contributed by atoms with E-state index in [1.54, 1.807) is 11.3 Å². The Hall–Kier alpha value is -1.27. The third kappa shape index (κ3) is 1.68. The molecule has 0 unspecified atom stereocenters. The van der Waals surface area contributed by atoms with Crippen molar-refractivity contribution in [2.24, 2.45) is 0 Å². The predicted molar refractivity (Wildman–Crippen MR) is 67.0 cm³/mol. The third-order valence-corrected chi connectivity index (χ3v) is 4.24. The Morgan fingerprint density at radius 2 is 2.18 bits per heavy atom. The zero-order chi connectivity index (χ0) is 12.0. The van der Waals surface area contributed by atoms with Gasteiger partial charge in [0.1, 0.15) is 5.82 Å². The van der Waals surface area contributed by atoms with Crippen molar-refractivity contribution in [2.45, 2.75) is 33.4 Å². The molecule has 1 atom stereocenters. The van der Waals surface area contributed by atoms with Gasteiger partial charge in [-0.05, 0) is 20.8 Å². The lowest BCUT2D eigenvalue weighted by molar-refractivity contribution is 0.439. The number of aryl methyl sites for hydroxylation is 2. The summed E-state index contributed by atoms with van der Waals surface area (Å²) in [4.78, 5) is 5.81. The Labute approximate surface area is 104 Å². The molecule has 0 spiro atoms. The monoisotopic (exact) mass is 249 g/mol. The van der Waals surface area contributed by atoms with E-state index in [0.29, 0.717) is 0 Å². The number of nitrogens with zero attached hydrogens (tertiary/aromatic N) is 4. The summed E-state index contributed by atoms with van der Waals surface area (Å²) in [6, 6.07) is 0.271. The van der Waals surface area contributed by atoms with Crippen LogP contribution in [0.15, 0.2) is 0 Å². The Morgan fingerprint density at radius 3 is 2.88 bits per heavy atom. The fourth-order valence-corrected chi connectivity index (χ4v) is 2.97. The summed E-state index contributed by atoms with van der Waals surface area (Å²) in [6.45, 7) is 8.12. The van der Waals surface area contributed by atoms with Gasteiger partial charge in [-0.2, -0.15) is 0 Å². The van der Waals surface area contributed by atoms with Crippen molar-refractivity contribution in [3.05, 3.63) is 16.4 Å². The summed E-state index contributed by atoms with van der Waals surface area (Å²) in [5.74, 6) is 1.92. The average molecular weight is 249 g/mol. The molecule has 1 aliphatic rings. The lowest BCUT2D eigenvalue weighted by Crippen LogP contribution is -2.32. The number of thiazole rings is 1. The van der Waals surface area contributed by atoms with Crippen molar-refractivity contribution in [1.82, 2.24) is 25.1 Å². The molecule has 0 saturated heterocycles. The minimum atomic E-state index is 0.271. The van der Waals surface area contributed by atoms with E-state index in [-0.39, 0.29) is 6.04 Å². The molecule has 5 nitrogen and oxygen atoms in total. The second-order valence-electron chi connectivity index (χ2n) is 4.37. The van der Waals surface area contributed by atoms with E-state index in [1.165, 1.54) is 4.88 Å². The average Bonchev–Trinajstić information content (AvgIpc) is 2.85. The molecule has 0 amide bonds. The Kier molecular flexibility index (Phi) is 2.48. The van der Waals surface area contributed by atoms with Gasteiger partial charge >= 0.3 is 0 Å². The molecule has 2 aromatic heterocycles. The molecule has 6 heteroatoms. The number of fused-ring (bicyclic) bond motifs is 1. The topological polar surface area (TPSA) is 55.6 Å². The molecule has 0 saturated carbocycles. The maximum atomic E-state index is 4.56. The van der Waals surface area contributed by atoms with Crippen molar-refractivity contribution in [3.63, 3.8) is 0 Å². The fraction of sp³-hybridized carbons (Fsp3) is 0.545. The molecule has 2 aromatic rings. The summed E-state index contributed by atoms with van der Waals surface area (Å²) in [5.41, 5.74) is 1.09. The van der Waals surface area contributed by atoms with Gasteiger partial charge in [-0.15, -0.1) is 21.5 Å². The van der Waals surface area contributed by atoms with E-state index >= 15 is 0 Å². The molecule has 0 aliphatic carbocycles. The minimum absolute atomic E-state index is 0.271. The summed E-state index contributed by atoms with van der Waals surface area (Å²) in [7, 11) is 0. The van der Waals surface area contributed by atoms with Crippen LogP contribution >= 0.6 is 11.3 Å². The van der Waals surface area contributed by atoms with Crippen LogP contribution in [0.5, 0.6) is 0 Å². The first kappa shape index (κ1) is 10.9. The number of hydrogen-bond donors (Lipinski definition) is 1. The summed E-state index contributed by atoms with van der Waals surface area (Å²) >= 11 is 1.69. The van der Waals surface area contributed by atoms with Gasteiger partial charge < -0.3 is 9.88 Å². The van der Waals surface area contributed by atoms with Crippen LogP contribution in [0, 0.1) is 13.8 Å². The van der Waals surface area contributed by atoms with Crippen LogP contribution in [0.3, 0.4) is 0 Å². The SMILES string of the molecule is Cc1nc(-c2nnc3n2CCN[C@H]3C)sc1C. The number of hydrogen-bond acceptors (Lipinski definition) is 5. The van der Waals surface area contributed by atoms with Crippen LogP contribution in [0.4, 0.5) is 0 Å². The normalized spacial score (nSPS) is 19.4. The zero-order valence-electron chi connectivity index (χ0n) is 10.2. The Balaban J connectivity index is 2.10. The molecule has 1 N–H and O–H groups in total. The molecule has 0 bridgehead atoms. The third-order valence-electron chi connectivity index (χ3n) is 3.17. The van der Waals surface area contributed by atoms with Crippen molar-refractivity contribution in [3.8, 4) is 10.8 Å². The van der Waals surface area contributed by atoms with Crippen LogP contribution in [-0.4, -0.2) is 26.3 Å². The van der Waals surface area contributed by atoms with Gasteiger partial charge in [0.05, 0.1) is 11.7 Å². The van der Waals surface area contributed by atoms with Gasteiger partial charge in [-0.25, -0.2) is 4.98 Å². The number of aromatic nitrogens is 4. The summed E-state index contributed by atoms with van der Waals surface area (Å²) in [6.07, 6.45) is 0. The van der Waals surface area contributed by atoms with Gasteiger partial charge in [0.15, 0.2) is 10.8 Å². The molecule has 0 radical (unpaired) electrons. The second-order valence-corrected chi connectivity index (χ2v) is 5.57. The molecular formula is C11H15N5S. The van der Waals surface area contributed by atoms with Gasteiger partial charge in [0.25, 0.3) is 0 Å². The highest BCUT2D eigenvalue weighted by atomic mass is 32.1. The van der Waals surface area contributed by atoms with E-state index in [4.69, 9.17) is 0 Å². The van der Waals surface area contributed by atoms with Crippen LogP contribution in [-0.2, 0) is 6.54 Å². The van der Waals surface area contributed by atoms with Crippen molar-refractivity contribution in [2.75, 3.05) is 6.54 Å². The van der Waals surface area contributed by atoms with Crippen molar-refractivity contribution >= 4 is 11.3 Å². The molecule has 1 aliphatic heterocycles. The first-order valence-electron chi connectivity index (χ1n) is 5.77. The Bertz CT molecular complexity index is 537. The van der Waals surface area contributed by atoms with Crippen LogP contribution < -0.4 is 5.32 Å². The van der Waals surface area contributed by atoms with Gasteiger partial charge in [-0.3, -0.25) is 0 Å². The van der Waals surface area contributed by atoms with Crippen LogP contribution in [0.25, 0.3) is 10.8 Å². The second kappa shape index (κ2) is 3.89. The van der Waals surface area contributed by atoms with Crippen LogP contribution in [0.2, 0.25) is 0 Å². The fourth-order valence-electron chi connectivity index (χ4n) is 2.07. The van der Waals surface area contributed by atoms with E-state index in [1.807, 2.05) is 6.92 Å². The largest absolute Gasteiger partial charge is 0.306 e.